The number of carbonyl (C=O) groups is 1. The zero-order valence-corrected chi connectivity index (χ0v) is 20.1. The molecule has 1 fully saturated rings. The second-order valence-electron chi connectivity index (χ2n) is 8.36. The van der Waals surface area contributed by atoms with Gasteiger partial charge in [0.25, 0.3) is 11.5 Å². The lowest BCUT2D eigenvalue weighted by atomic mass is 10.1. The molecule has 1 aliphatic carbocycles. The Bertz CT molecular complexity index is 1420. The van der Waals surface area contributed by atoms with Crippen molar-refractivity contribution in [2.75, 3.05) is 23.4 Å². The summed E-state index contributed by atoms with van der Waals surface area (Å²) < 4.78 is 82.3. The summed E-state index contributed by atoms with van der Waals surface area (Å²) in [4.78, 5) is 31.4. The van der Waals surface area contributed by atoms with Gasteiger partial charge in [0.2, 0.25) is 5.82 Å². The minimum absolute atomic E-state index is 0.0552. The highest BCUT2D eigenvalue weighted by Crippen LogP contribution is 2.41. The van der Waals surface area contributed by atoms with Crippen LogP contribution < -0.4 is 16.2 Å². The van der Waals surface area contributed by atoms with E-state index in [9.17, 15) is 35.9 Å². The quantitative estimate of drug-likeness (QED) is 0.365. The molecule has 2 aromatic heterocycles. The molecule has 194 valence electrons. The number of nitrogens with zero attached hydrogens (tertiary/aromatic N) is 4. The number of benzene rings is 1. The SMILES string of the molecule is CCSc1cc2c(cc1C(=O)N(C)c1c(N)cc(C(F)(F)F)n(C3CC3)c1=O)nc(C(F)(F)F)n2C. The van der Waals surface area contributed by atoms with E-state index in [4.69, 9.17) is 5.73 Å². The number of fused-ring (bicyclic) bond motifs is 1. The average molecular weight is 533 g/mol. The van der Waals surface area contributed by atoms with E-state index in [1.807, 2.05) is 0 Å². The number of imidazole rings is 1. The fraction of sp³-hybridized carbons (Fsp3) is 0.409. The Labute approximate surface area is 204 Å². The third-order valence-electron chi connectivity index (χ3n) is 5.86. The fourth-order valence-electron chi connectivity index (χ4n) is 4.08. The van der Waals surface area contributed by atoms with Crippen molar-refractivity contribution in [3.8, 4) is 0 Å². The standard InChI is InChI=1S/C22H21F6N5O2S/c1-4-36-15-9-14-13(30-20(31(14)2)22(26,27)28)7-11(15)18(34)32(3)17-12(29)8-16(21(23,24)25)33(19(17)35)10-5-6-10/h7-10H,4-6,29H2,1-3H3. The highest BCUT2D eigenvalue weighted by atomic mass is 32.2. The van der Waals surface area contributed by atoms with Gasteiger partial charge in [0, 0.05) is 25.0 Å². The second-order valence-corrected chi connectivity index (χ2v) is 9.67. The number of aryl methyl sites for hydroxylation is 1. The van der Waals surface area contributed by atoms with Gasteiger partial charge in [-0.25, -0.2) is 4.98 Å². The van der Waals surface area contributed by atoms with Gasteiger partial charge in [-0.2, -0.15) is 26.3 Å². The van der Waals surface area contributed by atoms with Crippen molar-refractivity contribution >= 4 is 40.1 Å². The van der Waals surface area contributed by atoms with Crippen LogP contribution in [0.5, 0.6) is 0 Å². The molecule has 0 bridgehead atoms. The first kappa shape index (κ1) is 25.9. The number of hydrogen-bond donors (Lipinski definition) is 1. The van der Waals surface area contributed by atoms with Crippen molar-refractivity contribution in [1.29, 1.82) is 0 Å². The van der Waals surface area contributed by atoms with Crippen molar-refractivity contribution in [2.24, 2.45) is 7.05 Å². The number of nitrogens with two attached hydrogens (primary N) is 1. The van der Waals surface area contributed by atoms with Gasteiger partial charge in [-0.3, -0.25) is 14.2 Å². The zero-order valence-electron chi connectivity index (χ0n) is 19.3. The maximum absolute atomic E-state index is 13.6. The van der Waals surface area contributed by atoms with Crippen LogP contribution in [0.4, 0.5) is 37.7 Å². The van der Waals surface area contributed by atoms with Gasteiger partial charge in [0.05, 0.1) is 22.3 Å². The molecule has 1 amide bonds. The molecule has 0 spiro atoms. The van der Waals surface area contributed by atoms with E-state index in [-0.39, 0.29) is 16.6 Å². The molecule has 2 N–H and O–H groups in total. The Balaban J connectivity index is 1.86. The van der Waals surface area contributed by atoms with Crippen LogP contribution in [-0.2, 0) is 19.4 Å². The van der Waals surface area contributed by atoms with Crippen LogP contribution in [0.1, 0.15) is 47.7 Å². The first-order valence-electron chi connectivity index (χ1n) is 10.8. The monoisotopic (exact) mass is 533 g/mol. The van der Waals surface area contributed by atoms with Gasteiger partial charge in [0.1, 0.15) is 11.4 Å². The molecule has 2 heterocycles. The summed E-state index contributed by atoms with van der Waals surface area (Å²) in [5.74, 6) is -1.50. The Morgan fingerprint density at radius 2 is 1.81 bits per heavy atom. The molecule has 4 rings (SSSR count). The summed E-state index contributed by atoms with van der Waals surface area (Å²) >= 11 is 1.18. The summed E-state index contributed by atoms with van der Waals surface area (Å²) in [6, 6.07) is 2.54. The van der Waals surface area contributed by atoms with Gasteiger partial charge >= 0.3 is 12.4 Å². The molecule has 14 heteroatoms. The number of pyridine rings is 1. The molecular formula is C22H21F6N5O2S. The van der Waals surface area contributed by atoms with Gasteiger partial charge in [-0.1, -0.05) is 6.92 Å². The minimum Gasteiger partial charge on any atom is -0.397 e. The lowest BCUT2D eigenvalue weighted by Crippen LogP contribution is -2.37. The van der Waals surface area contributed by atoms with Crippen molar-refractivity contribution in [3.63, 3.8) is 0 Å². The van der Waals surface area contributed by atoms with Crippen molar-refractivity contribution < 1.29 is 31.1 Å². The fourth-order valence-corrected chi connectivity index (χ4v) is 4.89. The molecule has 0 radical (unpaired) electrons. The van der Waals surface area contributed by atoms with E-state index in [1.165, 1.54) is 38.0 Å². The predicted molar refractivity (Wildman–Crippen MR) is 123 cm³/mol. The number of carbonyl (C=O) groups excluding carboxylic acids is 1. The number of thioether (sulfide) groups is 1. The van der Waals surface area contributed by atoms with Gasteiger partial charge in [-0.05, 0) is 36.8 Å². The molecule has 1 aromatic carbocycles. The van der Waals surface area contributed by atoms with E-state index in [2.05, 4.69) is 4.98 Å². The van der Waals surface area contributed by atoms with Crippen LogP contribution in [0.25, 0.3) is 11.0 Å². The van der Waals surface area contributed by atoms with E-state index >= 15 is 0 Å². The van der Waals surface area contributed by atoms with Crippen LogP contribution in [0.15, 0.2) is 27.9 Å². The largest absolute Gasteiger partial charge is 0.449 e. The molecule has 0 saturated heterocycles. The lowest BCUT2D eigenvalue weighted by molar-refractivity contribution is -0.146. The molecule has 3 aromatic rings. The molecule has 1 saturated carbocycles. The van der Waals surface area contributed by atoms with E-state index in [1.54, 1.807) is 6.92 Å². The molecule has 0 unspecified atom stereocenters. The Morgan fingerprint density at radius 3 is 2.33 bits per heavy atom. The Kier molecular flexibility index (Phi) is 6.30. The molecule has 7 nitrogen and oxygen atoms in total. The topological polar surface area (TPSA) is 86.2 Å². The van der Waals surface area contributed by atoms with Crippen LogP contribution in [-0.4, -0.2) is 32.8 Å². The van der Waals surface area contributed by atoms with Gasteiger partial charge in [-0.15, -0.1) is 11.8 Å². The molecular weight excluding hydrogens is 512 g/mol. The van der Waals surface area contributed by atoms with E-state index in [0.29, 0.717) is 34.1 Å². The summed E-state index contributed by atoms with van der Waals surface area (Å²) in [6.07, 6.45) is -8.81. The maximum atomic E-state index is 13.6. The molecule has 36 heavy (non-hydrogen) atoms. The Morgan fingerprint density at radius 1 is 1.17 bits per heavy atom. The molecule has 0 aliphatic heterocycles. The van der Waals surface area contributed by atoms with Crippen LogP contribution in [0, 0.1) is 0 Å². The zero-order chi connectivity index (χ0) is 26.7. The average Bonchev–Trinajstić information content (AvgIpc) is 3.54. The second kappa shape index (κ2) is 8.75. The van der Waals surface area contributed by atoms with Crippen molar-refractivity contribution in [3.05, 3.63) is 45.6 Å². The summed E-state index contributed by atoms with van der Waals surface area (Å²) in [5, 5.41) is 0. The Hall–Kier alpha value is -3.16. The number of anilines is 2. The number of amides is 1. The number of nitrogen functional groups attached to an aromatic ring is 1. The maximum Gasteiger partial charge on any atom is 0.449 e. The molecule has 0 atom stereocenters. The highest BCUT2D eigenvalue weighted by Gasteiger charge is 2.41. The van der Waals surface area contributed by atoms with Crippen molar-refractivity contribution in [2.45, 2.75) is 43.1 Å². The van der Waals surface area contributed by atoms with Crippen LogP contribution >= 0.6 is 11.8 Å². The summed E-state index contributed by atoms with van der Waals surface area (Å²) in [7, 11) is 2.39. The van der Waals surface area contributed by atoms with E-state index < -0.39 is 52.8 Å². The van der Waals surface area contributed by atoms with Crippen LogP contribution in [0.2, 0.25) is 0 Å². The first-order valence-corrected chi connectivity index (χ1v) is 11.8. The van der Waals surface area contributed by atoms with Gasteiger partial charge < -0.3 is 15.2 Å². The number of rotatable bonds is 5. The van der Waals surface area contributed by atoms with Crippen LogP contribution in [0.3, 0.4) is 0 Å². The summed E-state index contributed by atoms with van der Waals surface area (Å²) in [5.41, 5.74) is 2.57. The molecule has 1 aliphatic rings. The first-order chi connectivity index (χ1) is 16.7. The summed E-state index contributed by atoms with van der Waals surface area (Å²) in [6.45, 7) is 1.78. The number of alkyl halides is 6. The highest BCUT2D eigenvalue weighted by molar-refractivity contribution is 7.99. The predicted octanol–water partition coefficient (Wildman–Crippen LogP) is 5.08. The number of aromatic nitrogens is 3. The third kappa shape index (κ3) is 4.42. The number of hydrogen-bond acceptors (Lipinski definition) is 5. The smallest absolute Gasteiger partial charge is 0.397 e. The third-order valence-corrected chi connectivity index (χ3v) is 6.79. The van der Waals surface area contributed by atoms with Gasteiger partial charge in [0.15, 0.2) is 0 Å². The normalized spacial score (nSPS) is 14.5. The lowest BCUT2D eigenvalue weighted by Gasteiger charge is -2.23. The number of halogens is 6. The van der Waals surface area contributed by atoms with Crippen molar-refractivity contribution in [1.82, 2.24) is 14.1 Å². The van der Waals surface area contributed by atoms with E-state index in [0.717, 1.165) is 9.47 Å². The minimum atomic E-state index is -4.83.